The molecule has 9 heteroatoms. The Balaban J connectivity index is 1.63. The zero-order valence-electron chi connectivity index (χ0n) is 17.5. The molecule has 0 spiro atoms. The molecule has 0 aliphatic heterocycles. The van der Waals surface area contributed by atoms with Gasteiger partial charge in [0.25, 0.3) is 0 Å². The molecule has 0 fully saturated rings. The Morgan fingerprint density at radius 2 is 2.00 bits per heavy atom. The van der Waals surface area contributed by atoms with E-state index in [1.165, 1.54) is 6.20 Å². The third-order valence-corrected chi connectivity index (χ3v) is 4.18. The summed E-state index contributed by atoms with van der Waals surface area (Å²) in [7, 11) is 0. The van der Waals surface area contributed by atoms with Crippen molar-refractivity contribution in [2.24, 2.45) is 10.7 Å². The number of anilines is 1. The van der Waals surface area contributed by atoms with Gasteiger partial charge in [0.1, 0.15) is 16.6 Å². The van der Waals surface area contributed by atoms with Gasteiger partial charge >= 0.3 is 6.09 Å². The number of pyridine rings is 3. The second-order valence-electron chi connectivity index (χ2n) is 7.67. The minimum atomic E-state index is -0.574. The van der Waals surface area contributed by atoms with Crippen molar-refractivity contribution < 1.29 is 9.53 Å². The van der Waals surface area contributed by atoms with Gasteiger partial charge in [-0.1, -0.05) is 17.7 Å². The van der Waals surface area contributed by atoms with Crippen molar-refractivity contribution in [1.29, 1.82) is 0 Å². The van der Waals surface area contributed by atoms with Crippen molar-refractivity contribution in [2.45, 2.75) is 32.9 Å². The number of hydrogen-bond acceptors (Lipinski definition) is 7. The predicted octanol–water partition coefficient (Wildman–Crippen LogP) is 4.60. The van der Waals surface area contributed by atoms with E-state index in [1.54, 1.807) is 51.5 Å². The van der Waals surface area contributed by atoms with Gasteiger partial charge in [-0.05, 0) is 50.6 Å². The molecule has 8 nitrogen and oxygen atoms in total. The molecule has 0 aliphatic carbocycles. The fourth-order valence-corrected chi connectivity index (χ4v) is 2.76. The molecule has 1 amide bonds. The van der Waals surface area contributed by atoms with Crippen molar-refractivity contribution in [1.82, 2.24) is 15.0 Å². The van der Waals surface area contributed by atoms with Crippen LogP contribution >= 0.6 is 11.6 Å². The summed E-state index contributed by atoms with van der Waals surface area (Å²) >= 11 is 5.96. The Morgan fingerprint density at radius 1 is 1.19 bits per heavy atom. The number of amides is 1. The number of ether oxygens (including phenoxy) is 1. The maximum absolute atomic E-state index is 11.8. The van der Waals surface area contributed by atoms with Crippen LogP contribution in [0.5, 0.6) is 0 Å². The minimum absolute atomic E-state index is 0.391. The van der Waals surface area contributed by atoms with E-state index in [1.807, 2.05) is 18.2 Å². The van der Waals surface area contributed by atoms with E-state index in [-0.39, 0.29) is 0 Å². The summed E-state index contributed by atoms with van der Waals surface area (Å²) < 4.78 is 5.20. The first-order chi connectivity index (χ1) is 14.7. The van der Waals surface area contributed by atoms with E-state index >= 15 is 0 Å². The minimum Gasteiger partial charge on any atom is -0.444 e. The molecule has 0 radical (unpaired) electrons. The number of nitrogens with two attached hydrogens (primary N) is 1. The molecule has 0 atom stereocenters. The van der Waals surface area contributed by atoms with Gasteiger partial charge in [-0.25, -0.2) is 14.8 Å². The Hall–Kier alpha value is -3.52. The summed E-state index contributed by atoms with van der Waals surface area (Å²) in [6, 6.07) is 8.88. The second-order valence-corrected chi connectivity index (χ2v) is 8.05. The van der Waals surface area contributed by atoms with E-state index in [2.05, 4.69) is 25.3 Å². The number of nitrogens with one attached hydrogen (secondary N) is 1. The van der Waals surface area contributed by atoms with Crippen LogP contribution in [0.4, 0.5) is 10.6 Å². The number of aliphatic imine (C=N–C) groups is 1. The Labute approximate surface area is 185 Å². The molecule has 0 aliphatic rings. The first-order valence-electron chi connectivity index (χ1n) is 9.53. The standard InChI is InChI=1S/C22H23ClN6O2/c1-22(2,3)31-21(30)29-20-7-4-14(11-27-20)10-25-12-16(9-24)15-8-18-17(26-13-15)5-6-19(23)28-18/h4-9,11-13H,10,24H2,1-3H3,(H,27,29,30). The summed E-state index contributed by atoms with van der Waals surface area (Å²) in [6.45, 7) is 5.78. The normalized spacial score (nSPS) is 12.3. The summed E-state index contributed by atoms with van der Waals surface area (Å²) in [5, 5.41) is 2.99. The SMILES string of the molecule is CC(C)(C)OC(=O)Nc1ccc(CN=CC(=CN)c2cnc3ccc(Cl)nc3c2)cn1. The summed E-state index contributed by atoms with van der Waals surface area (Å²) in [5.41, 5.74) is 8.97. The number of carbonyl (C=O) groups is 1. The van der Waals surface area contributed by atoms with Crippen LogP contribution in [0, 0.1) is 0 Å². The molecule has 0 bridgehead atoms. The quantitative estimate of drug-likeness (QED) is 0.444. The topological polar surface area (TPSA) is 115 Å². The molecule has 0 saturated carbocycles. The highest BCUT2D eigenvalue weighted by Crippen LogP contribution is 2.19. The Bertz CT molecular complexity index is 1140. The molecule has 3 heterocycles. The van der Waals surface area contributed by atoms with Crippen LogP contribution in [0.15, 0.2) is 53.9 Å². The van der Waals surface area contributed by atoms with Gasteiger partial charge in [0.05, 0.1) is 17.6 Å². The van der Waals surface area contributed by atoms with E-state index < -0.39 is 11.7 Å². The lowest BCUT2D eigenvalue weighted by atomic mass is 10.1. The van der Waals surface area contributed by atoms with Gasteiger partial charge in [0.15, 0.2) is 0 Å². The molecule has 3 aromatic heterocycles. The first kappa shape index (κ1) is 22.2. The van der Waals surface area contributed by atoms with E-state index in [9.17, 15) is 4.79 Å². The Kier molecular flexibility index (Phi) is 6.81. The van der Waals surface area contributed by atoms with Crippen LogP contribution in [0.25, 0.3) is 16.6 Å². The maximum atomic E-state index is 11.8. The molecular weight excluding hydrogens is 416 g/mol. The number of halogens is 1. The molecule has 3 rings (SSSR count). The lowest BCUT2D eigenvalue weighted by molar-refractivity contribution is 0.0635. The first-order valence-corrected chi connectivity index (χ1v) is 9.90. The van der Waals surface area contributed by atoms with E-state index in [4.69, 9.17) is 22.1 Å². The summed E-state index contributed by atoms with van der Waals surface area (Å²) in [6.07, 6.45) is 5.92. The zero-order chi connectivity index (χ0) is 22.4. The van der Waals surface area contributed by atoms with Crippen LogP contribution in [0.2, 0.25) is 5.15 Å². The Morgan fingerprint density at radius 3 is 2.68 bits per heavy atom. The van der Waals surface area contributed by atoms with Gasteiger partial charge in [0, 0.05) is 35.9 Å². The third-order valence-electron chi connectivity index (χ3n) is 3.97. The molecule has 160 valence electrons. The average Bonchev–Trinajstić information content (AvgIpc) is 2.70. The fraction of sp³-hybridized carbons (Fsp3) is 0.227. The van der Waals surface area contributed by atoms with E-state index in [0.717, 1.165) is 16.6 Å². The summed E-state index contributed by atoms with van der Waals surface area (Å²) in [5.74, 6) is 0.401. The molecule has 3 aromatic rings. The van der Waals surface area contributed by atoms with Gasteiger partial charge in [-0.3, -0.25) is 15.3 Å². The zero-order valence-corrected chi connectivity index (χ0v) is 18.2. The van der Waals surface area contributed by atoms with Gasteiger partial charge < -0.3 is 10.5 Å². The summed E-state index contributed by atoms with van der Waals surface area (Å²) in [4.78, 5) is 29.1. The van der Waals surface area contributed by atoms with Crippen LogP contribution in [0.1, 0.15) is 31.9 Å². The van der Waals surface area contributed by atoms with Gasteiger partial charge in [-0.15, -0.1) is 0 Å². The van der Waals surface area contributed by atoms with Crippen molar-refractivity contribution in [2.75, 3.05) is 5.32 Å². The highest BCUT2D eigenvalue weighted by molar-refractivity contribution is 6.29. The number of carbonyl (C=O) groups excluding carboxylic acids is 1. The lowest BCUT2D eigenvalue weighted by Gasteiger charge is -2.19. The third kappa shape index (κ3) is 6.48. The van der Waals surface area contributed by atoms with Gasteiger partial charge in [-0.2, -0.15) is 0 Å². The highest BCUT2D eigenvalue weighted by atomic mass is 35.5. The lowest BCUT2D eigenvalue weighted by Crippen LogP contribution is -2.27. The monoisotopic (exact) mass is 438 g/mol. The number of nitrogens with zero attached hydrogens (tertiary/aromatic N) is 4. The van der Waals surface area contributed by atoms with Crippen LogP contribution in [-0.2, 0) is 11.3 Å². The number of aromatic nitrogens is 3. The van der Waals surface area contributed by atoms with Crippen molar-refractivity contribution >= 4 is 46.3 Å². The van der Waals surface area contributed by atoms with Crippen LogP contribution in [-0.4, -0.2) is 32.9 Å². The average molecular weight is 439 g/mol. The second kappa shape index (κ2) is 9.53. The largest absolute Gasteiger partial charge is 0.444 e. The smallest absolute Gasteiger partial charge is 0.413 e. The molecule has 3 N–H and O–H groups in total. The molecular formula is C22H23ClN6O2. The van der Waals surface area contributed by atoms with E-state index in [0.29, 0.717) is 28.6 Å². The van der Waals surface area contributed by atoms with Crippen molar-refractivity contribution in [3.8, 4) is 0 Å². The molecule has 0 aromatic carbocycles. The van der Waals surface area contributed by atoms with Crippen LogP contribution < -0.4 is 11.1 Å². The molecule has 0 unspecified atom stereocenters. The number of allylic oxidation sites excluding steroid dienone is 1. The van der Waals surface area contributed by atoms with Crippen molar-refractivity contribution in [3.05, 3.63) is 65.2 Å². The van der Waals surface area contributed by atoms with Gasteiger partial charge in [0.2, 0.25) is 0 Å². The van der Waals surface area contributed by atoms with Crippen LogP contribution in [0.3, 0.4) is 0 Å². The molecule has 31 heavy (non-hydrogen) atoms. The number of fused-ring (bicyclic) bond motifs is 1. The highest BCUT2D eigenvalue weighted by Gasteiger charge is 2.16. The molecule has 0 saturated heterocycles. The maximum Gasteiger partial charge on any atom is 0.413 e. The number of hydrogen-bond donors (Lipinski definition) is 2. The fourth-order valence-electron chi connectivity index (χ4n) is 2.60. The van der Waals surface area contributed by atoms with Crippen molar-refractivity contribution in [3.63, 3.8) is 0 Å². The predicted molar refractivity (Wildman–Crippen MR) is 123 cm³/mol. The number of rotatable bonds is 5.